The Bertz CT molecular complexity index is 349. The number of nitrogens with zero attached hydrogens (tertiary/aromatic N) is 1. The molecule has 1 fully saturated rings. The van der Waals surface area contributed by atoms with Crippen LogP contribution in [0, 0.1) is 0 Å². The monoisotopic (exact) mass is 232 g/mol. The number of nitrogens with one attached hydrogen (secondary N) is 1. The normalized spacial score (nSPS) is 30.4. The molecular weight excluding hydrogens is 208 g/mol. The van der Waals surface area contributed by atoms with Crippen molar-refractivity contribution in [1.29, 1.82) is 0 Å². The van der Waals surface area contributed by atoms with Gasteiger partial charge < -0.3 is 5.32 Å². The van der Waals surface area contributed by atoms with Crippen molar-refractivity contribution >= 4 is 0 Å². The van der Waals surface area contributed by atoms with Crippen LogP contribution >= 0.6 is 0 Å². The molecule has 0 amide bonds. The minimum absolute atomic E-state index is 0.143. The highest BCUT2D eigenvalue weighted by Crippen LogP contribution is 2.30. The molecule has 0 spiro atoms. The van der Waals surface area contributed by atoms with Crippen molar-refractivity contribution in [3.63, 3.8) is 0 Å². The predicted octanol–water partition coefficient (Wildman–Crippen LogP) is 2.61. The summed E-state index contributed by atoms with van der Waals surface area (Å²) in [5.41, 5.74) is 1.57. The summed E-state index contributed by atoms with van der Waals surface area (Å²) in [5, 5.41) is 3.62. The summed E-state index contributed by atoms with van der Waals surface area (Å²) in [6, 6.07) is 11.5. The molecule has 0 aliphatic carbocycles. The van der Waals surface area contributed by atoms with E-state index in [9.17, 15) is 0 Å². The second-order valence-corrected chi connectivity index (χ2v) is 5.37. The lowest BCUT2D eigenvalue weighted by Crippen LogP contribution is -2.60. The van der Waals surface area contributed by atoms with E-state index >= 15 is 0 Å². The summed E-state index contributed by atoms with van der Waals surface area (Å²) >= 11 is 0. The molecule has 1 aromatic carbocycles. The molecule has 0 saturated carbocycles. The fourth-order valence-electron chi connectivity index (χ4n) is 2.77. The molecule has 0 bridgehead atoms. The maximum Gasteiger partial charge on any atom is 0.0557 e. The van der Waals surface area contributed by atoms with Gasteiger partial charge in [-0.3, -0.25) is 4.90 Å². The van der Waals surface area contributed by atoms with E-state index in [1.54, 1.807) is 0 Å². The maximum absolute atomic E-state index is 3.62. The first-order valence-electron chi connectivity index (χ1n) is 6.71. The smallest absolute Gasteiger partial charge is 0.0557 e. The summed E-state index contributed by atoms with van der Waals surface area (Å²) in [4.78, 5) is 2.63. The van der Waals surface area contributed by atoms with E-state index in [2.05, 4.69) is 61.3 Å². The molecule has 2 atom stereocenters. The lowest BCUT2D eigenvalue weighted by Gasteiger charge is -2.48. The summed E-state index contributed by atoms with van der Waals surface area (Å²) in [6.07, 6.45) is 1.22. The average molecular weight is 232 g/mol. The van der Waals surface area contributed by atoms with Gasteiger partial charge in [-0.1, -0.05) is 37.3 Å². The second-order valence-electron chi connectivity index (χ2n) is 5.37. The van der Waals surface area contributed by atoms with Crippen LogP contribution in [-0.2, 0) is 5.54 Å². The summed E-state index contributed by atoms with van der Waals surface area (Å²) in [5.74, 6) is 0. The largest absolute Gasteiger partial charge is 0.311 e. The number of rotatable bonds is 3. The van der Waals surface area contributed by atoms with Gasteiger partial charge in [0, 0.05) is 19.1 Å². The number of benzene rings is 1. The minimum atomic E-state index is 0.143. The Morgan fingerprint density at radius 1 is 1.35 bits per heavy atom. The van der Waals surface area contributed by atoms with E-state index in [1.165, 1.54) is 18.5 Å². The van der Waals surface area contributed by atoms with E-state index in [0.29, 0.717) is 6.04 Å². The molecule has 2 heteroatoms. The van der Waals surface area contributed by atoms with Gasteiger partial charge >= 0.3 is 0 Å². The molecule has 2 unspecified atom stereocenters. The first kappa shape index (κ1) is 12.6. The molecule has 94 valence electrons. The molecule has 17 heavy (non-hydrogen) atoms. The van der Waals surface area contributed by atoms with Gasteiger partial charge in [0.1, 0.15) is 0 Å². The van der Waals surface area contributed by atoms with Crippen LogP contribution in [0.4, 0.5) is 0 Å². The van der Waals surface area contributed by atoms with Gasteiger partial charge in [0.05, 0.1) is 5.54 Å². The van der Waals surface area contributed by atoms with Crippen molar-refractivity contribution in [2.24, 2.45) is 0 Å². The highest BCUT2D eigenvalue weighted by molar-refractivity contribution is 5.25. The van der Waals surface area contributed by atoms with Gasteiger partial charge in [-0.15, -0.1) is 0 Å². The van der Waals surface area contributed by atoms with Crippen molar-refractivity contribution in [3.8, 4) is 0 Å². The molecule has 1 N–H and O–H groups in total. The van der Waals surface area contributed by atoms with Gasteiger partial charge in [-0.25, -0.2) is 0 Å². The first-order chi connectivity index (χ1) is 8.16. The minimum Gasteiger partial charge on any atom is -0.311 e. The van der Waals surface area contributed by atoms with Gasteiger partial charge in [-0.2, -0.15) is 0 Å². The van der Waals surface area contributed by atoms with Crippen LogP contribution in [0.3, 0.4) is 0 Å². The molecule has 1 aliphatic rings. The Kier molecular flexibility index (Phi) is 3.85. The molecule has 1 heterocycles. The van der Waals surface area contributed by atoms with E-state index in [1.807, 2.05) is 0 Å². The van der Waals surface area contributed by atoms with Crippen LogP contribution in [0.5, 0.6) is 0 Å². The number of piperazine rings is 1. The van der Waals surface area contributed by atoms with Crippen LogP contribution in [-0.4, -0.2) is 30.6 Å². The molecule has 1 aliphatic heterocycles. The van der Waals surface area contributed by atoms with Crippen molar-refractivity contribution in [3.05, 3.63) is 35.9 Å². The van der Waals surface area contributed by atoms with Crippen molar-refractivity contribution in [2.45, 2.75) is 38.8 Å². The van der Waals surface area contributed by atoms with E-state index in [4.69, 9.17) is 0 Å². The Labute approximate surface area is 105 Å². The van der Waals surface area contributed by atoms with Crippen LogP contribution in [0.15, 0.2) is 30.3 Å². The Morgan fingerprint density at radius 2 is 2.06 bits per heavy atom. The first-order valence-corrected chi connectivity index (χ1v) is 6.71. The quantitative estimate of drug-likeness (QED) is 0.862. The van der Waals surface area contributed by atoms with E-state index in [-0.39, 0.29) is 5.54 Å². The van der Waals surface area contributed by atoms with Gasteiger partial charge in [-0.05, 0) is 32.4 Å². The standard InChI is InChI=1S/C15H24N2/c1-4-10-17-11-13(2)16-12-15(17,3)14-8-6-5-7-9-14/h5-9,13,16H,4,10-12H2,1-3H3. The SMILES string of the molecule is CCCN1CC(C)NCC1(C)c1ccccc1. The lowest BCUT2D eigenvalue weighted by atomic mass is 9.87. The number of hydrogen-bond acceptors (Lipinski definition) is 2. The molecule has 1 saturated heterocycles. The Balaban J connectivity index is 2.26. The van der Waals surface area contributed by atoms with Gasteiger partial charge in [0.2, 0.25) is 0 Å². The van der Waals surface area contributed by atoms with E-state index < -0.39 is 0 Å². The zero-order valence-electron chi connectivity index (χ0n) is 11.2. The predicted molar refractivity (Wildman–Crippen MR) is 73.1 cm³/mol. The van der Waals surface area contributed by atoms with Crippen LogP contribution < -0.4 is 5.32 Å². The van der Waals surface area contributed by atoms with E-state index in [0.717, 1.165) is 13.1 Å². The summed E-state index contributed by atoms with van der Waals surface area (Å²) in [6.45, 7) is 10.2. The summed E-state index contributed by atoms with van der Waals surface area (Å²) < 4.78 is 0. The molecule has 2 rings (SSSR count). The third-order valence-corrected chi connectivity index (χ3v) is 3.88. The van der Waals surface area contributed by atoms with Gasteiger partial charge in [0.25, 0.3) is 0 Å². The van der Waals surface area contributed by atoms with Crippen molar-refractivity contribution in [2.75, 3.05) is 19.6 Å². The zero-order chi connectivity index (χ0) is 12.3. The maximum atomic E-state index is 3.62. The second kappa shape index (κ2) is 5.19. The molecule has 1 aromatic rings. The summed E-state index contributed by atoms with van der Waals surface area (Å²) in [7, 11) is 0. The zero-order valence-corrected chi connectivity index (χ0v) is 11.2. The Hall–Kier alpha value is -0.860. The van der Waals surface area contributed by atoms with Crippen LogP contribution in [0.2, 0.25) is 0 Å². The molecular formula is C15H24N2. The van der Waals surface area contributed by atoms with Crippen LogP contribution in [0.25, 0.3) is 0 Å². The fourth-order valence-corrected chi connectivity index (χ4v) is 2.77. The highest BCUT2D eigenvalue weighted by Gasteiger charge is 2.37. The topological polar surface area (TPSA) is 15.3 Å². The highest BCUT2D eigenvalue weighted by atomic mass is 15.3. The third-order valence-electron chi connectivity index (χ3n) is 3.88. The molecule has 0 radical (unpaired) electrons. The molecule has 2 nitrogen and oxygen atoms in total. The van der Waals surface area contributed by atoms with Gasteiger partial charge in [0.15, 0.2) is 0 Å². The third kappa shape index (κ3) is 2.53. The number of hydrogen-bond donors (Lipinski definition) is 1. The average Bonchev–Trinajstić information content (AvgIpc) is 2.35. The molecule has 0 aromatic heterocycles. The Morgan fingerprint density at radius 3 is 2.71 bits per heavy atom. The van der Waals surface area contributed by atoms with Crippen molar-refractivity contribution in [1.82, 2.24) is 10.2 Å². The van der Waals surface area contributed by atoms with Crippen molar-refractivity contribution < 1.29 is 0 Å². The lowest BCUT2D eigenvalue weighted by molar-refractivity contribution is 0.0537. The fraction of sp³-hybridized carbons (Fsp3) is 0.600. The van der Waals surface area contributed by atoms with Crippen LogP contribution in [0.1, 0.15) is 32.8 Å².